The summed E-state index contributed by atoms with van der Waals surface area (Å²) in [5.41, 5.74) is 2.24. The minimum atomic E-state index is -0.212. The number of benzene rings is 2. The molecule has 2 heterocycles. The van der Waals surface area contributed by atoms with Crippen LogP contribution in [0.4, 0.5) is 0 Å². The molecule has 0 bridgehead atoms. The van der Waals surface area contributed by atoms with Crippen molar-refractivity contribution in [3.63, 3.8) is 0 Å². The molecule has 8 heteroatoms. The van der Waals surface area contributed by atoms with Gasteiger partial charge in [-0.25, -0.2) is 9.97 Å². The van der Waals surface area contributed by atoms with E-state index in [-0.39, 0.29) is 5.56 Å². The summed E-state index contributed by atoms with van der Waals surface area (Å²) in [6, 6.07) is 11.2. The van der Waals surface area contributed by atoms with E-state index in [0.29, 0.717) is 34.0 Å². The van der Waals surface area contributed by atoms with Crippen LogP contribution in [-0.4, -0.2) is 34.2 Å². The Bertz CT molecular complexity index is 1120. The van der Waals surface area contributed by atoms with E-state index in [0.717, 1.165) is 16.2 Å². The van der Waals surface area contributed by atoms with Crippen molar-refractivity contribution >= 4 is 33.7 Å². The van der Waals surface area contributed by atoms with Crippen molar-refractivity contribution in [1.82, 2.24) is 19.9 Å². The molecule has 0 fully saturated rings. The summed E-state index contributed by atoms with van der Waals surface area (Å²) >= 11 is 1.48. The van der Waals surface area contributed by atoms with Gasteiger partial charge in [0, 0.05) is 6.07 Å². The van der Waals surface area contributed by atoms with Gasteiger partial charge in [-0.2, -0.15) is 0 Å². The average molecular weight is 368 g/mol. The first kappa shape index (κ1) is 16.5. The molecule has 0 saturated carbocycles. The summed E-state index contributed by atoms with van der Waals surface area (Å²) < 4.78 is 10.5. The van der Waals surface area contributed by atoms with Crippen LogP contribution in [0.5, 0.6) is 11.5 Å². The number of nitrogens with one attached hydrogen (secondary N) is 2. The maximum absolute atomic E-state index is 12.4. The molecule has 0 spiro atoms. The Hall–Kier alpha value is -3.00. The van der Waals surface area contributed by atoms with Crippen LogP contribution in [-0.2, 0) is 5.75 Å². The number of nitrogens with zero attached hydrogens (tertiary/aromatic N) is 2. The van der Waals surface area contributed by atoms with Crippen LogP contribution in [0.3, 0.4) is 0 Å². The normalized spacial score (nSPS) is 11.2. The van der Waals surface area contributed by atoms with E-state index in [2.05, 4.69) is 19.9 Å². The van der Waals surface area contributed by atoms with Crippen molar-refractivity contribution in [2.24, 2.45) is 0 Å². The minimum absolute atomic E-state index is 0.212. The van der Waals surface area contributed by atoms with Crippen LogP contribution in [0, 0.1) is 0 Å². The summed E-state index contributed by atoms with van der Waals surface area (Å²) in [6.07, 6.45) is 0. The van der Waals surface area contributed by atoms with Crippen LogP contribution in [0.15, 0.2) is 46.3 Å². The van der Waals surface area contributed by atoms with Crippen molar-refractivity contribution < 1.29 is 9.47 Å². The largest absolute Gasteiger partial charge is 0.493 e. The lowest BCUT2D eigenvalue weighted by atomic mass is 10.2. The molecule has 4 rings (SSSR count). The monoisotopic (exact) mass is 368 g/mol. The number of methoxy groups -OCH3 is 2. The molecule has 0 aliphatic rings. The number of aromatic nitrogens is 4. The van der Waals surface area contributed by atoms with E-state index in [1.165, 1.54) is 18.9 Å². The molecule has 132 valence electrons. The first-order chi connectivity index (χ1) is 12.7. The van der Waals surface area contributed by atoms with Gasteiger partial charge in [-0.1, -0.05) is 23.9 Å². The second-order valence-corrected chi connectivity index (χ2v) is 6.55. The molecule has 0 atom stereocenters. The predicted octanol–water partition coefficient (Wildman–Crippen LogP) is 3.11. The Kier molecular flexibility index (Phi) is 4.26. The predicted molar refractivity (Wildman–Crippen MR) is 101 cm³/mol. The van der Waals surface area contributed by atoms with Gasteiger partial charge in [0.2, 0.25) is 0 Å². The number of imidazole rings is 1. The molecule has 2 aromatic heterocycles. The van der Waals surface area contributed by atoms with Gasteiger partial charge in [0.05, 0.1) is 41.9 Å². The van der Waals surface area contributed by atoms with Crippen molar-refractivity contribution in [2.45, 2.75) is 10.9 Å². The summed E-state index contributed by atoms with van der Waals surface area (Å²) in [5, 5.41) is 1.24. The fraction of sp³-hybridized carbons (Fsp3) is 0.167. The third kappa shape index (κ3) is 2.99. The van der Waals surface area contributed by atoms with E-state index in [1.807, 2.05) is 24.3 Å². The van der Waals surface area contributed by atoms with Gasteiger partial charge in [0.25, 0.3) is 5.56 Å². The number of thioether (sulfide) groups is 1. The van der Waals surface area contributed by atoms with Crippen molar-refractivity contribution in [2.75, 3.05) is 14.2 Å². The molecule has 2 aromatic carbocycles. The summed E-state index contributed by atoms with van der Waals surface area (Å²) in [7, 11) is 3.08. The van der Waals surface area contributed by atoms with Gasteiger partial charge in [-0.3, -0.25) is 4.79 Å². The van der Waals surface area contributed by atoms with E-state index in [9.17, 15) is 4.79 Å². The SMILES string of the molecule is COc1cc2nc(CSc3nc4ccccc4[nH]3)[nH]c(=O)c2cc1OC. The van der Waals surface area contributed by atoms with Crippen molar-refractivity contribution in [3.05, 3.63) is 52.6 Å². The number of para-hydroxylation sites is 2. The van der Waals surface area contributed by atoms with Crippen LogP contribution in [0.1, 0.15) is 5.82 Å². The van der Waals surface area contributed by atoms with Crippen LogP contribution in [0.2, 0.25) is 0 Å². The smallest absolute Gasteiger partial charge is 0.258 e. The molecular weight excluding hydrogens is 352 g/mol. The lowest BCUT2D eigenvalue weighted by molar-refractivity contribution is 0.355. The quantitative estimate of drug-likeness (QED) is 0.526. The Labute approximate surface area is 152 Å². The van der Waals surface area contributed by atoms with E-state index in [4.69, 9.17) is 9.47 Å². The zero-order chi connectivity index (χ0) is 18.1. The highest BCUT2D eigenvalue weighted by molar-refractivity contribution is 7.98. The topological polar surface area (TPSA) is 92.9 Å². The summed E-state index contributed by atoms with van der Waals surface area (Å²) in [4.78, 5) is 27.5. The van der Waals surface area contributed by atoms with Gasteiger partial charge in [0.1, 0.15) is 5.82 Å². The van der Waals surface area contributed by atoms with Crippen molar-refractivity contribution in [3.8, 4) is 11.5 Å². The van der Waals surface area contributed by atoms with E-state index >= 15 is 0 Å². The van der Waals surface area contributed by atoms with Gasteiger partial charge >= 0.3 is 0 Å². The molecular formula is C18H16N4O3S. The Balaban J connectivity index is 1.64. The second-order valence-electron chi connectivity index (χ2n) is 5.58. The first-order valence-electron chi connectivity index (χ1n) is 7.90. The third-order valence-electron chi connectivity index (χ3n) is 3.97. The molecule has 0 amide bonds. The molecule has 26 heavy (non-hydrogen) atoms. The number of ether oxygens (including phenoxy) is 2. The van der Waals surface area contributed by atoms with Gasteiger partial charge in [-0.15, -0.1) is 0 Å². The highest BCUT2D eigenvalue weighted by atomic mass is 32.2. The van der Waals surface area contributed by atoms with Gasteiger partial charge in [-0.05, 0) is 18.2 Å². The van der Waals surface area contributed by atoms with Crippen LogP contribution in [0.25, 0.3) is 21.9 Å². The lowest BCUT2D eigenvalue weighted by Crippen LogP contribution is -2.11. The Morgan fingerprint density at radius 2 is 1.77 bits per heavy atom. The number of H-pyrrole nitrogens is 2. The van der Waals surface area contributed by atoms with E-state index in [1.54, 1.807) is 19.2 Å². The number of hydrogen-bond donors (Lipinski definition) is 2. The minimum Gasteiger partial charge on any atom is -0.493 e. The fourth-order valence-corrected chi connectivity index (χ4v) is 3.47. The maximum atomic E-state index is 12.4. The Morgan fingerprint density at radius 3 is 2.54 bits per heavy atom. The number of rotatable bonds is 5. The van der Waals surface area contributed by atoms with Crippen LogP contribution >= 0.6 is 11.8 Å². The molecule has 0 aliphatic heterocycles. The highest BCUT2D eigenvalue weighted by Gasteiger charge is 2.12. The molecule has 4 aromatic rings. The zero-order valence-corrected chi connectivity index (χ0v) is 15.0. The first-order valence-corrected chi connectivity index (χ1v) is 8.89. The average Bonchev–Trinajstić information content (AvgIpc) is 3.08. The Morgan fingerprint density at radius 1 is 1.00 bits per heavy atom. The molecule has 2 N–H and O–H groups in total. The molecule has 0 saturated heterocycles. The molecule has 0 unspecified atom stereocenters. The second kappa shape index (κ2) is 6.72. The number of fused-ring (bicyclic) bond motifs is 2. The van der Waals surface area contributed by atoms with Gasteiger partial charge in [0.15, 0.2) is 16.7 Å². The van der Waals surface area contributed by atoms with E-state index < -0.39 is 0 Å². The maximum Gasteiger partial charge on any atom is 0.258 e. The lowest BCUT2D eigenvalue weighted by Gasteiger charge is -2.09. The summed E-state index contributed by atoms with van der Waals surface area (Å²) in [6.45, 7) is 0. The number of hydrogen-bond acceptors (Lipinski definition) is 6. The molecule has 7 nitrogen and oxygen atoms in total. The van der Waals surface area contributed by atoms with Crippen LogP contribution < -0.4 is 15.0 Å². The summed E-state index contributed by atoms with van der Waals surface area (Å²) in [5.74, 6) is 2.09. The van der Waals surface area contributed by atoms with Crippen molar-refractivity contribution in [1.29, 1.82) is 0 Å². The fourth-order valence-electron chi connectivity index (χ4n) is 2.72. The standard InChI is InChI=1S/C18H16N4O3S/c1-24-14-7-10-13(8-15(14)25-2)19-16(22-17(10)23)9-26-18-20-11-5-3-4-6-12(11)21-18/h3-8H,9H2,1-2H3,(H,20,21)(H,19,22,23). The molecule has 0 aliphatic carbocycles. The third-order valence-corrected chi connectivity index (χ3v) is 4.86. The highest BCUT2D eigenvalue weighted by Crippen LogP contribution is 2.30. The number of aromatic amines is 2. The zero-order valence-electron chi connectivity index (χ0n) is 14.2. The van der Waals surface area contributed by atoms with Gasteiger partial charge < -0.3 is 19.4 Å². The molecule has 0 radical (unpaired) electrons.